The number of nitrogens with one attached hydrogen (secondary N) is 1. The van der Waals surface area contributed by atoms with Gasteiger partial charge in [-0.05, 0) is 61.6 Å². The van der Waals surface area contributed by atoms with Crippen LogP contribution in [0, 0.1) is 11.8 Å². The van der Waals surface area contributed by atoms with Crippen molar-refractivity contribution in [3.8, 4) is 0 Å². The Morgan fingerprint density at radius 2 is 1.67 bits per heavy atom. The largest absolute Gasteiger partial charge is 0.396 e. The van der Waals surface area contributed by atoms with E-state index in [1.54, 1.807) is 4.90 Å². The number of rotatable bonds is 5. The minimum Gasteiger partial charge on any atom is -0.396 e. The Morgan fingerprint density at radius 3 is 2.36 bits per heavy atom. The molecule has 1 saturated carbocycles. The van der Waals surface area contributed by atoms with Crippen molar-refractivity contribution in [1.29, 1.82) is 0 Å². The summed E-state index contributed by atoms with van der Waals surface area (Å²) in [5.74, 6) is 0.508. The second kappa shape index (κ2) is 9.43. The van der Waals surface area contributed by atoms with Crippen LogP contribution in [0.2, 0.25) is 0 Å². The monoisotopic (exact) mass is 454 g/mol. The summed E-state index contributed by atoms with van der Waals surface area (Å²) in [6, 6.07) is 5.52. The van der Waals surface area contributed by atoms with Gasteiger partial charge in [-0.25, -0.2) is 0 Å². The molecule has 1 aliphatic carbocycles. The number of nitrogens with zero attached hydrogens (tertiary/aromatic N) is 3. The summed E-state index contributed by atoms with van der Waals surface area (Å²) in [7, 11) is 0. The molecule has 2 N–H and O–H groups in total. The number of imide groups is 1. The summed E-state index contributed by atoms with van der Waals surface area (Å²) in [6.45, 7) is 5.83. The van der Waals surface area contributed by atoms with E-state index in [1.165, 1.54) is 12.8 Å². The van der Waals surface area contributed by atoms with Gasteiger partial charge in [0.15, 0.2) is 0 Å². The molecule has 0 bridgehead atoms. The third-order valence-corrected chi connectivity index (χ3v) is 7.99. The molecule has 8 heteroatoms. The van der Waals surface area contributed by atoms with Crippen molar-refractivity contribution in [3.63, 3.8) is 0 Å². The van der Waals surface area contributed by atoms with Crippen molar-refractivity contribution in [3.05, 3.63) is 29.3 Å². The zero-order valence-electron chi connectivity index (χ0n) is 19.2. The number of carbonyl (C=O) groups is 3. The van der Waals surface area contributed by atoms with Crippen LogP contribution < -0.4 is 10.2 Å². The van der Waals surface area contributed by atoms with Crippen molar-refractivity contribution in [2.45, 2.75) is 51.1 Å². The van der Waals surface area contributed by atoms with E-state index in [0.717, 1.165) is 62.7 Å². The van der Waals surface area contributed by atoms with Crippen LogP contribution in [0.1, 0.15) is 54.4 Å². The number of amides is 3. The van der Waals surface area contributed by atoms with Crippen LogP contribution >= 0.6 is 0 Å². The van der Waals surface area contributed by atoms with Gasteiger partial charge in [-0.3, -0.25) is 24.6 Å². The summed E-state index contributed by atoms with van der Waals surface area (Å²) in [4.78, 5) is 43.3. The lowest BCUT2D eigenvalue weighted by Gasteiger charge is -2.39. The van der Waals surface area contributed by atoms with E-state index in [0.29, 0.717) is 31.1 Å². The highest BCUT2D eigenvalue weighted by Crippen LogP contribution is 2.32. The van der Waals surface area contributed by atoms with Gasteiger partial charge in [0.2, 0.25) is 11.8 Å². The van der Waals surface area contributed by atoms with Crippen LogP contribution in [-0.4, -0.2) is 78.0 Å². The van der Waals surface area contributed by atoms with Gasteiger partial charge >= 0.3 is 0 Å². The molecule has 0 spiro atoms. The van der Waals surface area contributed by atoms with Gasteiger partial charge in [0.05, 0.1) is 0 Å². The number of piperazine rings is 1. The van der Waals surface area contributed by atoms with Crippen molar-refractivity contribution in [1.82, 2.24) is 15.1 Å². The Labute approximate surface area is 194 Å². The number of aliphatic hydroxyl groups is 1. The number of benzene rings is 1. The minimum absolute atomic E-state index is 0.113. The highest BCUT2D eigenvalue weighted by Gasteiger charge is 2.39. The molecule has 0 radical (unpaired) electrons. The molecule has 2 saturated heterocycles. The predicted molar refractivity (Wildman–Crippen MR) is 124 cm³/mol. The van der Waals surface area contributed by atoms with E-state index in [2.05, 4.69) is 21.2 Å². The minimum atomic E-state index is -0.568. The number of hydrogen-bond donors (Lipinski definition) is 2. The van der Waals surface area contributed by atoms with E-state index in [1.807, 2.05) is 12.1 Å². The van der Waals surface area contributed by atoms with Gasteiger partial charge < -0.3 is 14.9 Å². The van der Waals surface area contributed by atoms with E-state index in [9.17, 15) is 19.5 Å². The topological polar surface area (TPSA) is 93.2 Å². The van der Waals surface area contributed by atoms with E-state index < -0.39 is 6.04 Å². The molecule has 3 aliphatic heterocycles. The quantitative estimate of drug-likeness (QED) is 0.653. The Balaban J connectivity index is 1.17. The molecule has 1 unspecified atom stereocenters. The van der Waals surface area contributed by atoms with Crippen LogP contribution in [0.5, 0.6) is 0 Å². The molecule has 178 valence electrons. The number of carbonyl (C=O) groups excluding carboxylic acids is 3. The maximum Gasteiger partial charge on any atom is 0.255 e. The number of hydrogen-bond acceptors (Lipinski definition) is 6. The van der Waals surface area contributed by atoms with Crippen molar-refractivity contribution < 1.29 is 19.5 Å². The number of anilines is 1. The molecule has 1 aromatic carbocycles. The van der Waals surface area contributed by atoms with Gasteiger partial charge in [-0.2, -0.15) is 0 Å². The fraction of sp³-hybridized carbons (Fsp3) is 0.640. The molecular formula is C25H34N4O4. The van der Waals surface area contributed by atoms with Crippen molar-refractivity contribution in [2.24, 2.45) is 11.8 Å². The first kappa shape index (κ1) is 22.3. The number of fused-ring (bicyclic) bond motifs is 1. The lowest BCUT2D eigenvalue weighted by Crippen LogP contribution is -2.52. The molecule has 0 aromatic heterocycles. The first-order valence-electron chi connectivity index (χ1n) is 12.4. The number of aliphatic hydroxyl groups excluding tert-OH is 1. The average molecular weight is 455 g/mol. The summed E-state index contributed by atoms with van der Waals surface area (Å²) < 4.78 is 0. The maximum absolute atomic E-state index is 13.1. The Morgan fingerprint density at radius 1 is 0.939 bits per heavy atom. The summed E-state index contributed by atoms with van der Waals surface area (Å²) in [5.41, 5.74) is 2.70. The smallest absolute Gasteiger partial charge is 0.255 e. The molecular weight excluding hydrogens is 420 g/mol. The van der Waals surface area contributed by atoms with Gasteiger partial charge in [0.1, 0.15) is 6.04 Å². The van der Waals surface area contributed by atoms with Crippen molar-refractivity contribution >= 4 is 23.4 Å². The zero-order chi connectivity index (χ0) is 22.9. The standard InChI is InChI=1S/C25H34N4O4/c30-16-18-3-1-17(2-4-18)14-27-9-11-28(12-10-27)20-6-5-19-15-29(25(33)21(19)13-20)22-7-8-23(31)26-24(22)32/h5-6,13,17-18,22,30H,1-4,7-12,14-16H2,(H,26,31,32)/t17-,18+,22?. The van der Waals surface area contributed by atoms with Crippen LogP contribution in [0.4, 0.5) is 5.69 Å². The van der Waals surface area contributed by atoms with Gasteiger partial charge in [0, 0.05) is 63.5 Å². The van der Waals surface area contributed by atoms with Gasteiger partial charge in [0.25, 0.3) is 5.91 Å². The van der Waals surface area contributed by atoms with Crippen molar-refractivity contribution in [2.75, 3.05) is 44.2 Å². The number of piperidine rings is 1. The third kappa shape index (κ3) is 4.64. The second-order valence-corrected chi connectivity index (χ2v) is 10.1. The lowest BCUT2D eigenvalue weighted by molar-refractivity contribution is -0.136. The second-order valence-electron chi connectivity index (χ2n) is 10.1. The Hall–Kier alpha value is -2.45. The first-order valence-corrected chi connectivity index (χ1v) is 12.4. The summed E-state index contributed by atoms with van der Waals surface area (Å²) in [5, 5.41) is 11.7. The van der Waals surface area contributed by atoms with Crippen LogP contribution in [0.15, 0.2) is 18.2 Å². The molecule has 8 nitrogen and oxygen atoms in total. The highest BCUT2D eigenvalue weighted by molar-refractivity contribution is 6.05. The maximum atomic E-state index is 13.1. The fourth-order valence-corrected chi connectivity index (χ4v) is 5.89. The summed E-state index contributed by atoms with van der Waals surface area (Å²) in [6.07, 6.45) is 5.42. The van der Waals surface area contributed by atoms with Crippen LogP contribution in [0.25, 0.3) is 0 Å². The zero-order valence-corrected chi connectivity index (χ0v) is 19.2. The SMILES string of the molecule is O=C1CCC(N2Cc3ccc(N4CCN(C[C@H]5CC[C@@H](CO)CC5)CC4)cc3C2=O)C(=O)N1. The van der Waals surface area contributed by atoms with Gasteiger partial charge in [-0.1, -0.05) is 6.07 Å². The fourth-order valence-electron chi connectivity index (χ4n) is 5.89. The third-order valence-electron chi connectivity index (χ3n) is 7.99. The van der Waals surface area contributed by atoms with E-state index in [-0.39, 0.29) is 24.1 Å². The molecule has 3 fully saturated rings. The van der Waals surface area contributed by atoms with E-state index >= 15 is 0 Å². The molecule has 3 heterocycles. The molecule has 3 amide bonds. The molecule has 4 aliphatic rings. The molecule has 1 atom stereocenters. The average Bonchev–Trinajstić information content (AvgIpc) is 3.15. The molecule has 5 rings (SSSR count). The van der Waals surface area contributed by atoms with E-state index in [4.69, 9.17) is 0 Å². The van der Waals surface area contributed by atoms with Crippen LogP contribution in [-0.2, 0) is 16.1 Å². The molecule has 1 aromatic rings. The normalized spacial score (nSPS) is 28.8. The lowest BCUT2D eigenvalue weighted by atomic mass is 9.82. The first-order chi connectivity index (χ1) is 16.0. The summed E-state index contributed by atoms with van der Waals surface area (Å²) >= 11 is 0. The Bertz CT molecular complexity index is 919. The Kier molecular flexibility index (Phi) is 6.38. The predicted octanol–water partition coefficient (Wildman–Crippen LogP) is 1.37. The van der Waals surface area contributed by atoms with Gasteiger partial charge in [-0.15, -0.1) is 0 Å². The highest BCUT2D eigenvalue weighted by atomic mass is 16.3. The van der Waals surface area contributed by atoms with Crippen LogP contribution in [0.3, 0.4) is 0 Å². The molecule has 33 heavy (non-hydrogen) atoms.